The molecule has 0 saturated heterocycles. The molecule has 0 aromatic carbocycles. The largest absolute Gasteiger partial charge is 0.465 e. The van der Waals surface area contributed by atoms with E-state index in [1.807, 2.05) is 0 Å². The van der Waals surface area contributed by atoms with Crippen molar-refractivity contribution in [3.63, 3.8) is 0 Å². The van der Waals surface area contributed by atoms with E-state index in [4.69, 9.17) is 10.00 Å². The molecule has 0 aliphatic rings. The third kappa shape index (κ3) is 6.01. The first-order valence-corrected chi connectivity index (χ1v) is 4.49. The van der Waals surface area contributed by atoms with Crippen LogP contribution in [0.15, 0.2) is 25.3 Å². The molecule has 0 fully saturated rings. The third-order valence-electron chi connectivity index (χ3n) is 1.70. The van der Waals surface area contributed by atoms with E-state index in [1.165, 1.54) is 0 Å². The van der Waals surface area contributed by atoms with E-state index in [0.717, 1.165) is 12.8 Å². The molecule has 0 saturated carbocycles. The zero-order valence-corrected chi connectivity index (χ0v) is 8.24. The average Bonchev–Trinajstić information content (AvgIpc) is 2.15. The van der Waals surface area contributed by atoms with Crippen molar-refractivity contribution >= 4 is 5.97 Å². The summed E-state index contributed by atoms with van der Waals surface area (Å²) < 4.78 is 4.89. The highest BCUT2D eigenvalue weighted by molar-refractivity contribution is 5.71. The normalized spacial score (nSPS) is 9.14. The van der Waals surface area contributed by atoms with Crippen LogP contribution >= 0.6 is 0 Å². The van der Waals surface area contributed by atoms with Crippen LogP contribution in [0.5, 0.6) is 0 Å². The first kappa shape index (κ1) is 12.4. The lowest BCUT2D eigenvalue weighted by Crippen LogP contribution is -2.12. The van der Waals surface area contributed by atoms with Gasteiger partial charge in [-0.05, 0) is 18.8 Å². The molecule has 0 rings (SSSR count). The van der Waals surface area contributed by atoms with Crippen LogP contribution in [0, 0.1) is 17.2 Å². The van der Waals surface area contributed by atoms with Crippen molar-refractivity contribution < 1.29 is 9.53 Å². The Morgan fingerprint density at radius 1 is 1.43 bits per heavy atom. The number of rotatable bonds is 7. The predicted octanol–water partition coefficient (Wildman–Crippen LogP) is 2.21. The summed E-state index contributed by atoms with van der Waals surface area (Å²) in [4.78, 5) is 10.9. The molecule has 0 bridgehead atoms. The van der Waals surface area contributed by atoms with Gasteiger partial charge in [-0.25, -0.2) is 0 Å². The lowest BCUT2D eigenvalue weighted by molar-refractivity contribution is -0.143. The van der Waals surface area contributed by atoms with Gasteiger partial charge >= 0.3 is 5.97 Å². The van der Waals surface area contributed by atoms with Crippen LogP contribution in [0.2, 0.25) is 0 Å². The van der Waals surface area contributed by atoms with Crippen molar-refractivity contribution in [1.82, 2.24) is 0 Å². The van der Waals surface area contributed by atoms with Crippen molar-refractivity contribution in [1.29, 1.82) is 5.26 Å². The van der Waals surface area contributed by atoms with Crippen LogP contribution in [0.3, 0.4) is 0 Å². The number of hydrogen-bond donors (Lipinski definition) is 0. The standard InChI is InChI=1S/C11H15NO2/c1-3-5-10(6-4-2)9-14-11(13)7-8-12/h3-4,10H,1-2,5-7,9H2. The summed E-state index contributed by atoms with van der Waals surface area (Å²) in [5, 5.41) is 8.23. The maximum absolute atomic E-state index is 10.9. The number of nitriles is 1. The van der Waals surface area contributed by atoms with E-state index in [-0.39, 0.29) is 12.3 Å². The third-order valence-corrected chi connectivity index (χ3v) is 1.70. The SMILES string of the molecule is C=CCC(CC=C)COC(=O)CC#N. The van der Waals surface area contributed by atoms with Gasteiger partial charge in [0, 0.05) is 0 Å². The molecule has 0 heterocycles. The van der Waals surface area contributed by atoms with Crippen LogP contribution in [-0.4, -0.2) is 12.6 Å². The van der Waals surface area contributed by atoms with E-state index in [2.05, 4.69) is 13.2 Å². The van der Waals surface area contributed by atoms with E-state index in [1.54, 1.807) is 18.2 Å². The molecule has 0 aliphatic carbocycles. The number of ether oxygens (including phenoxy) is 1. The van der Waals surface area contributed by atoms with Gasteiger partial charge in [0.15, 0.2) is 0 Å². The van der Waals surface area contributed by atoms with Crippen LogP contribution in [0.25, 0.3) is 0 Å². The molecule has 76 valence electrons. The van der Waals surface area contributed by atoms with E-state index in [0.29, 0.717) is 6.61 Å². The maximum Gasteiger partial charge on any atom is 0.320 e. The predicted molar refractivity (Wildman–Crippen MR) is 54.3 cm³/mol. The van der Waals surface area contributed by atoms with Crippen molar-refractivity contribution in [2.24, 2.45) is 5.92 Å². The summed E-state index contributed by atoms with van der Waals surface area (Å²) in [6.07, 6.45) is 4.95. The fourth-order valence-electron chi connectivity index (χ4n) is 1.03. The number of nitrogens with zero attached hydrogens (tertiary/aromatic N) is 1. The number of esters is 1. The minimum absolute atomic E-state index is 0.186. The molecular weight excluding hydrogens is 178 g/mol. The molecule has 14 heavy (non-hydrogen) atoms. The molecule has 0 atom stereocenters. The van der Waals surface area contributed by atoms with Gasteiger partial charge in [0.1, 0.15) is 6.42 Å². The van der Waals surface area contributed by atoms with Gasteiger partial charge < -0.3 is 4.74 Å². The highest BCUT2D eigenvalue weighted by atomic mass is 16.5. The monoisotopic (exact) mass is 193 g/mol. The topological polar surface area (TPSA) is 50.1 Å². The molecular formula is C11H15NO2. The lowest BCUT2D eigenvalue weighted by atomic mass is 10.0. The van der Waals surface area contributed by atoms with Gasteiger partial charge in [-0.1, -0.05) is 12.2 Å². The summed E-state index contributed by atoms with van der Waals surface area (Å²) in [5.41, 5.74) is 0. The van der Waals surface area contributed by atoms with Gasteiger partial charge in [0.2, 0.25) is 0 Å². The van der Waals surface area contributed by atoms with E-state index in [9.17, 15) is 4.79 Å². The summed E-state index contributed by atoms with van der Waals surface area (Å²) in [5.74, 6) is -0.238. The van der Waals surface area contributed by atoms with Crippen molar-refractivity contribution in [3.05, 3.63) is 25.3 Å². The van der Waals surface area contributed by atoms with Gasteiger partial charge in [-0.15, -0.1) is 13.2 Å². The Bertz CT molecular complexity index is 230. The van der Waals surface area contributed by atoms with Crippen LogP contribution in [-0.2, 0) is 9.53 Å². The fourth-order valence-corrected chi connectivity index (χ4v) is 1.03. The quantitative estimate of drug-likeness (QED) is 0.460. The molecule has 0 unspecified atom stereocenters. The molecule has 0 aromatic heterocycles. The Balaban J connectivity index is 3.80. The van der Waals surface area contributed by atoms with Gasteiger partial charge in [-0.2, -0.15) is 5.26 Å². The minimum atomic E-state index is -0.467. The van der Waals surface area contributed by atoms with Crippen LogP contribution < -0.4 is 0 Å². The molecule has 3 heteroatoms. The summed E-state index contributed by atoms with van der Waals surface area (Å²) >= 11 is 0. The Hall–Kier alpha value is -1.56. The lowest BCUT2D eigenvalue weighted by Gasteiger charge is -2.12. The summed E-state index contributed by atoms with van der Waals surface area (Å²) in [6.45, 7) is 7.57. The van der Waals surface area contributed by atoms with Crippen molar-refractivity contribution in [2.75, 3.05) is 6.61 Å². The number of carbonyl (C=O) groups is 1. The number of allylic oxidation sites excluding steroid dienone is 2. The smallest absolute Gasteiger partial charge is 0.320 e. The van der Waals surface area contributed by atoms with Crippen molar-refractivity contribution in [2.45, 2.75) is 19.3 Å². The maximum atomic E-state index is 10.9. The van der Waals surface area contributed by atoms with Gasteiger partial charge in [0.05, 0.1) is 12.7 Å². The second kappa shape index (κ2) is 8.06. The van der Waals surface area contributed by atoms with Crippen LogP contribution in [0.1, 0.15) is 19.3 Å². The van der Waals surface area contributed by atoms with Gasteiger partial charge in [-0.3, -0.25) is 4.79 Å². The highest BCUT2D eigenvalue weighted by Crippen LogP contribution is 2.10. The fraction of sp³-hybridized carbons (Fsp3) is 0.455. The molecule has 0 spiro atoms. The zero-order valence-electron chi connectivity index (χ0n) is 8.24. The van der Waals surface area contributed by atoms with E-state index < -0.39 is 5.97 Å². The summed E-state index contributed by atoms with van der Waals surface area (Å²) in [6, 6.07) is 1.74. The first-order chi connectivity index (χ1) is 6.74. The van der Waals surface area contributed by atoms with E-state index >= 15 is 0 Å². The second-order valence-corrected chi connectivity index (χ2v) is 2.93. The van der Waals surface area contributed by atoms with Crippen molar-refractivity contribution in [3.8, 4) is 6.07 Å². The first-order valence-electron chi connectivity index (χ1n) is 4.49. The molecule has 0 aliphatic heterocycles. The number of hydrogen-bond acceptors (Lipinski definition) is 3. The zero-order chi connectivity index (χ0) is 10.8. The number of carbonyl (C=O) groups excluding carboxylic acids is 1. The summed E-state index contributed by atoms with van der Waals surface area (Å²) in [7, 11) is 0. The average molecular weight is 193 g/mol. The Kier molecular flexibility index (Phi) is 7.16. The van der Waals surface area contributed by atoms with Crippen LogP contribution in [0.4, 0.5) is 0 Å². The van der Waals surface area contributed by atoms with Gasteiger partial charge in [0.25, 0.3) is 0 Å². The minimum Gasteiger partial charge on any atom is -0.465 e. The molecule has 0 aromatic rings. The molecule has 0 amide bonds. The molecule has 0 radical (unpaired) electrons. The highest BCUT2D eigenvalue weighted by Gasteiger charge is 2.08. The Morgan fingerprint density at radius 2 is 2.00 bits per heavy atom. The molecule has 3 nitrogen and oxygen atoms in total. The second-order valence-electron chi connectivity index (χ2n) is 2.93. The Morgan fingerprint density at radius 3 is 2.43 bits per heavy atom. The Labute approximate surface area is 84.7 Å². The molecule has 0 N–H and O–H groups in total.